The zero-order valence-corrected chi connectivity index (χ0v) is 12.5. The van der Waals surface area contributed by atoms with Crippen LogP contribution in [0.5, 0.6) is 0 Å². The highest BCUT2D eigenvalue weighted by Gasteiger charge is 2.34. The normalized spacial score (nSPS) is 34.8. The minimum absolute atomic E-state index is 0.558. The van der Waals surface area contributed by atoms with Crippen LogP contribution < -0.4 is 5.32 Å². The summed E-state index contributed by atoms with van der Waals surface area (Å²) < 4.78 is 0. The average molecular weight is 256 g/mol. The molecule has 2 rings (SSSR count). The van der Waals surface area contributed by atoms with E-state index in [4.69, 9.17) is 0 Å². The molecule has 0 aromatic carbocycles. The number of thioether (sulfide) groups is 1. The standard InChI is InChI=1S/C14H28N2S/c1-14(2)5-4-13(15-3)12(10-14)11-16-6-8-17-9-7-16/h12-13,15H,4-11H2,1-3H3. The Bertz CT molecular complexity index is 236. The van der Waals surface area contributed by atoms with Crippen molar-refractivity contribution in [2.75, 3.05) is 38.2 Å². The summed E-state index contributed by atoms with van der Waals surface area (Å²) in [6, 6.07) is 0.748. The summed E-state index contributed by atoms with van der Waals surface area (Å²) in [5.41, 5.74) is 0.558. The zero-order valence-electron chi connectivity index (χ0n) is 11.7. The van der Waals surface area contributed by atoms with E-state index in [0.29, 0.717) is 5.41 Å². The van der Waals surface area contributed by atoms with Crippen LogP contribution in [0.3, 0.4) is 0 Å². The molecule has 2 aliphatic rings. The Balaban J connectivity index is 1.90. The fraction of sp³-hybridized carbons (Fsp3) is 1.00. The van der Waals surface area contributed by atoms with Gasteiger partial charge in [0, 0.05) is 37.2 Å². The molecule has 17 heavy (non-hydrogen) atoms. The van der Waals surface area contributed by atoms with Crippen molar-refractivity contribution in [2.24, 2.45) is 11.3 Å². The monoisotopic (exact) mass is 256 g/mol. The van der Waals surface area contributed by atoms with Crippen LogP contribution in [-0.4, -0.2) is 49.1 Å². The quantitative estimate of drug-likeness (QED) is 0.835. The van der Waals surface area contributed by atoms with E-state index in [1.54, 1.807) is 0 Å². The Labute approximate surface area is 111 Å². The van der Waals surface area contributed by atoms with Crippen LogP contribution in [0.25, 0.3) is 0 Å². The molecule has 0 radical (unpaired) electrons. The van der Waals surface area contributed by atoms with Crippen LogP contribution in [0.1, 0.15) is 33.1 Å². The van der Waals surface area contributed by atoms with Crippen molar-refractivity contribution < 1.29 is 0 Å². The van der Waals surface area contributed by atoms with Gasteiger partial charge in [-0.3, -0.25) is 0 Å². The molecule has 2 atom stereocenters. The number of hydrogen-bond acceptors (Lipinski definition) is 3. The summed E-state index contributed by atoms with van der Waals surface area (Å²) >= 11 is 2.11. The van der Waals surface area contributed by atoms with Crippen molar-refractivity contribution >= 4 is 11.8 Å². The number of rotatable bonds is 3. The first-order valence-electron chi connectivity index (χ1n) is 7.08. The lowest BCUT2D eigenvalue weighted by Crippen LogP contribution is -2.47. The van der Waals surface area contributed by atoms with E-state index in [1.165, 1.54) is 50.4 Å². The van der Waals surface area contributed by atoms with Crippen LogP contribution in [0.15, 0.2) is 0 Å². The maximum atomic E-state index is 3.55. The molecule has 0 bridgehead atoms. The molecule has 1 aliphatic heterocycles. The third-order valence-electron chi connectivity index (χ3n) is 4.48. The average Bonchev–Trinajstić information content (AvgIpc) is 2.30. The van der Waals surface area contributed by atoms with Crippen LogP contribution >= 0.6 is 11.8 Å². The van der Waals surface area contributed by atoms with Crippen LogP contribution in [-0.2, 0) is 0 Å². The molecule has 2 fully saturated rings. The largest absolute Gasteiger partial charge is 0.317 e. The van der Waals surface area contributed by atoms with Gasteiger partial charge < -0.3 is 10.2 Å². The van der Waals surface area contributed by atoms with Crippen molar-refractivity contribution in [3.05, 3.63) is 0 Å². The van der Waals surface area contributed by atoms with E-state index in [2.05, 4.69) is 42.9 Å². The molecule has 1 heterocycles. The highest BCUT2D eigenvalue weighted by Crippen LogP contribution is 2.39. The highest BCUT2D eigenvalue weighted by atomic mass is 32.2. The van der Waals surface area contributed by atoms with Crippen molar-refractivity contribution in [1.82, 2.24) is 10.2 Å². The van der Waals surface area contributed by atoms with E-state index in [1.807, 2.05) is 0 Å². The molecule has 100 valence electrons. The first-order chi connectivity index (χ1) is 8.11. The molecule has 1 saturated carbocycles. The molecule has 0 aromatic rings. The van der Waals surface area contributed by atoms with Crippen molar-refractivity contribution in [2.45, 2.75) is 39.2 Å². The molecule has 1 aliphatic carbocycles. The van der Waals surface area contributed by atoms with Crippen LogP contribution in [0.2, 0.25) is 0 Å². The molecule has 2 nitrogen and oxygen atoms in total. The fourth-order valence-corrected chi connectivity index (χ4v) is 4.40. The Morgan fingerprint density at radius 2 is 2.00 bits per heavy atom. The van der Waals surface area contributed by atoms with Gasteiger partial charge in [0.1, 0.15) is 0 Å². The van der Waals surface area contributed by atoms with Gasteiger partial charge in [-0.25, -0.2) is 0 Å². The Hall–Kier alpha value is 0.270. The van der Waals surface area contributed by atoms with Crippen molar-refractivity contribution in [3.8, 4) is 0 Å². The maximum Gasteiger partial charge on any atom is 0.0105 e. The molecule has 2 unspecified atom stereocenters. The summed E-state index contributed by atoms with van der Waals surface area (Å²) in [4.78, 5) is 2.69. The predicted molar refractivity (Wildman–Crippen MR) is 77.7 cm³/mol. The van der Waals surface area contributed by atoms with Gasteiger partial charge in [0.2, 0.25) is 0 Å². The first-order valence-corrected chi connectivity index (χ1v) is 8.23. The second kappa shape index (κ2) is 5.94. The third-order valence-corrected chi connectivity index (χ3v) is 5.43. The van der Waals surface area contributed by atoms with Crippen LogP contribution in [0, 0.1) is 11.3 Å². The van der Waals surface area contributed by atoms with E-state index in [0.717, 1.165) is 12.0 Å². The van der Waals surface area contributed by atoms with Crippen molar-refractivity contribution in [3.63, 3.8) is 0 Å². The summed E-state index contributed by atoms with van der Waals surface area (Å²) in [6.45, 7) is 8.81. The highest BCUT2D eigenvalue weighted by molar-refractivity contribution is 7.99. The molecule has 0 spiro atoms. The van der Waals surface area contributed by atoms with Gasteiger partial charge in [-0.2, -0.15) is 11.8 Å². The lowest BCUT2D eigenvalue weighted by molar-refractivity contribution is 0.107. The summed E-state index contributed by atoms with van der Waals surface area (Å²) in [5, 5.41) is 3.55. The second-order valence-corrected chi connectivity index (χ2v) is 7.70. The van der Waals surface area contributed by atoms with Gasteiger partial charge >= 0.3 is 0 Å². The molecule has 1 saturated heterocycles. The van der Waals surface area contributed by atoms with Crippen molar-refractivity contribution in [1.29, 1.82) is 0 Å². The minimum atomic E-state index is 0.558. The maximum absolute atomic E-state index is 3.55. The minimum Gasteiger partial charge on any atom is -0.317 e. The van der Waals surface area contributed by atoms with Gasteiger partial charge in [0.15, 0.2) is 0 Å². The SMILES string of the molecule is CNC1CCC(C)(C)CC1CN1CCSCC1. The Kier molecular flexibility index (Phi) is 4.79. The Morgan fingerprint density at radius 1 is 1.29 bits per heavy atom. The van der Waals surface area contributed by atoms with E-state index in [-0.39, 0.29) is 0 Å². The number of nitrogens with zero attached hydrogens (tertiary/aromatic N) is 1. The van der Waals surface area contributed by atoms with Crippen LogP contribution in [0.4, 0.5) is 0 Å². The summed E-state index contributed by atoms with van der Waals surface area (Å²) in [5.74, 6) is 3.52. The second-order valence-electron chi connectivity index (χ2n) is 6.48. The molecular weight excluding hydrogens is 228 g/mol. The molecule has 0 amide bonds. The first kappa shape index (κ1) is 13.7. The summed E-state index contributed by atoms with van der Waals surface area (Å²) in [6.07, 6.45) is 4.13. The smallest absolute Gasteiger partial charge is 0.0105 e. The fourth-order valence-electron chi connectivity index (χ4n) is 3.42. The van der Waals surface area contributed by atoms with Gasteiger partial charge in [-0.1, -0.05) is 13.8 Å². The van der Waals surface area contributed by atoms with Gasteiger partial charge in [-0.05, 0) is 37.6 Å². The predicted octanol–water partition coefficient (Wildman–Crippen LogP) is 2.45. The van der Waals surface area contributed by atoms with Gasteiger partial charge in [0.05, 0.1) is 0 Å². The molecule has 3 heteroatoms. The third kappa shape index (κ3) is 3.87. The topological polar surface area (TPSA) is 15.3 Å². The number of nitrogens with one attached hydrogen (secondary N) is 1. The number of hydrogen-bond donors (Lipinski definition) is 1. The zero-order chi connectivity index (χ0) is 12.3. The lowest BCUT2D eigenvalue weighted by atomic mass is 9.69. The molecule has 0 aromatic heterocycles. The van der Waals surface area contributed by atoms with Gasteiger partial charge in [0.25, 0.3) is 0 Å². The lowest BCUT2D eigenvalue weighted by Gasteiger charge is -2.43. The molecular formula is C14H28N2S. The van der Waals surface area contributed by atoms with E-state index >= 15 is 0 Å². The van der Waals surface area contributed by atoms with E-state index in [9.17, 15) is 0 Å². The Morgan fingerprint density at radius 3 is 2.65 bits per heavy atom. The molecule has 1 N–H and O–H groups in total. The van der Waals surface area contributed by atoms with E-state index < -0.39 is 0 Å². The summed E-state index contributed by atoms with van der Waals surface area (Å²) in [7, 11) is 2.14. The van der Waals surface area contributed by atoms with Gasteiger partial charge in [-0.15, -0.1) is 0 Å².